The average molecular weight is 440 g/mol. The summed E-state index contributed by atoms with van der Waals surface area (Å²) in [6.07, 6.45) is 3.51. The van der Waals surface area contributed by atoms with E-state index in [1.807, 2.05) is 50.4 Å². The Hall–Kier alpha value is -3.86. The molecule has 1 aromatic heterocycles. The summed E-state index contributed by atoms with van der Waals surface area (Å²) in [6.45, 7) is 8.95. The highest BCUT2D eigenvalue weighted by Gasteiger charge is 2.08. The van der Waals surface area contributed by atoms with E-state index in [0.29, 0.717) is 18.1 Å². The molecule has 0 radical (unpaired) electrons. The molecule has 4 rings (SSSR count). The maximum atomic E-state index is 12.4. The third kappa shape index (κ3) is 5.32. The zero-order valence-electron chi connectivity index (χ0n) is 19.5. The van der Waals surface area contributed by atoms with E-state index in [4.69, 9.17) is 4.74 Å². The third-order valence-corrected chi connectivity index (χ3v) is 5.71. The molecule has 0 spiro atoms. The van der Waals surface area contributed by atoms with E-state index < -0.39 is 0 Å². The quantitative estimate of drug-likeness (QED) is 0.264. The molecule has 168 valence electrons. The van der Waals surface area contributed by atoms with Crippen LogP contribution in [0.3, 0.4) is 0 Å². The van der Waals surface area contributed by atoms with Crippen LogP contribution in [0.1, 0.15) is 57.9 Å². The molecule has 2 N–H and O–H groups in total. The number of hydrazone groups is 1. The number of nitrogens with one attached hydrogen (secondary N) is 2. The molecule has 5 nitrogen and oxygen atoms in total. The number of aromatic nitrogens is 1. The number of hydrogen-bond acceptors (Lipinski definition) is 3. The Kier molecular flexibility index (Phi) is 6.59. The predicted octanol–water partition coefficient (Wildman–Crippen LogP) is 6.25. The molecule has 1 heterocycles. The van der Waals surface area contributed by atoms with Crippen molar-refractivity contribution >= 4 is 23.0 Å². The topological polar surface area (TPSA) is 66.5 Å². The SMILES string of the molecule is Cc1cc(/C=N\NC(=O)c2ccc3[nH]ccc3c2)cc(C)c1OCc1ccc(C(C)C)cc1. The minimum absolute atomic E-state index is 0.244. The molecule has 0 saturated carbocycles. The molecule has 1 amide bonds. The average Bonchev–Trinajstić information content (AvgIpc) is 3.26. The molecule has 4 aromatic rings. The Morgan fingerprint density at radius 2 is 1.76 bits per heavy atom. The molecule has 0 fully saturated rings. The van der Waals surface area contributed by atoms with Crippen molar-refractivity contribution in [2.75, 3.05) is 0 Å². The van der Waals surface area contributed by atoms with E-state index in [1.165, 1.54) is 5.56 Å². The molecule has 0 atom stereocenters. The largest absolute Gasteiger partial charge is 0.488 e. The summed E-state index contributed by atoms with van der Waals surface area (Å²) in [5.74, 6) is 1.15. The van der Waals surface area contributed by atoms with Crippen molar-refractivity contribution in [1.82, 2.24) is 10.4 Å². The van der Waals surface area contributed by atoms with Gasteiger partial charge in [-0.25, -0.2) is 5.43 Å². The van der Waals surface area contributed by atoms with Gasteiger partial charge in [-0.3, -0.25) is 4.79 Å². The fraction of sp³-hybridized carbons (Fsp3) is 0.214. The maximum Gasteiger partial charge on any atom is 0.271 e. The van der Waals surface area contributed by atoms with Crippen LogP contribution in [0.5, 0.6) is 5.75 Å². The van der Waals surface area contributed by atoms with Crippen molar-refractivity contribution in [3.8, 4) is 5.75 Å². The van der Waals surface area contributed by atoms with E-state index in [2.05, 4.69) is 53.6 Å². The van der Waals surface area contributed by atoms with E-state index in [9.17, 15) is 4.79 Å². The smallest absolute Gasteiger partial charge is 0.271 e. The highest BCUT2D eigenvalue weighted by Crippen LogP contribution is 2.26. The zero-order valence-corrected chi connectivity index (χ0v) is 19.5. The van der Waals surface area contributed by atoms with Crippen LogP contribution in [0.15, 0.2) is 72.0 Å². The van der Waals surface area contributed by atoms with E-state index in [-0.39, 0.29) is 5.91 Å². The summed E-state index contributed by atoms with van der Waals surface area (Å²) in [5.41, 5.74) is 9.59. The summed E-state index contributed by atoms with van der Waals surface area (Å²) in [6, 6.07) is 20.0. The van der Waals surface area contributed by atoms with Gasteiger partial charge >= 0.3 is 0 Å². The molecule has 0 aliphatic carbocycles. The number of H-pyrrole nitrogens is 1. The zero-order chi connectivity index (χ0) is 23.4. The number of aryl methyl sites for hydroxylation is 2. The fourth-order valence-electron chi connectivity index (χ4n) is 3.86. The van der Waals surface area contributed by atoms with Gasteiger partial charge in [-0.05, 0) is 84.0 Å². The molecule has 0 saturated heterocycles. The molecule has 0 aliphatic rings. The van der Waals surface area contributed by atoms with E-state index in [1.54, 1.807) is 12.3 Å². The number of ether oxygens (including phenoxy) is 1. The van der Waals surface area contributed by atoms with Crippen molar-refractivity contribution in [3.63, 3.8) is 0 Å². The molecule has 33 heavy (non-hydrogen) atoms. The van der Waals surface area contributed by atoms with Gasteiger partial charge in [0.1, 0.15) is 12.4 Å². The van der Waals surface area contributed by atoms with Gasteiger partial charge in [0.2, 0.25) is 0 Å². The molecule has 5 heteroatoms. The van der Waals surface area contributed by atoms with Gasteiger partial charge in [0.15, 0.2) is 0 Å². The van der Waals surface area contributed by atoms with Gasteiger partial charge in [-0.2, -0.15) is 5.10 Å². The first-order valence-electron chi connectivity index (χ1n) is 11.1. The van der Waals surface area contributed by atoms with Gasteiger partial charge < -0.3 is 9.72 Å². The number of fused-ring (bicyclic) bond motifs is 1. The lowest BCUT2D eigenvalue weighted by molar-refractivity contribution is 0.0955. The standard InChI is InChI=1S/C28H29N3O2/c1-18(2)23-7-5-21(6-8-23)17-33-27-19(3)13-22(14-20(27)4)16-30-31-28(32)25-9-10-26-24(15-25)11-12-29-26/h5-16,18,29H,17H2,1-4H3,(H,31,32)/b30-16-. The minimum atomic E-state index is -0.244. The Labute approximate surface area is 194 Å². The Morgan fingerprint density at radius 3 is 2.45 bits per heavy atom. The number of amides is 1. The van der Waals surface area contributed by atoms with Crippen molar-refractivity contribution in [1.29, 1.82) is 0 Å². The summed E-state index contributed by atoms with van der Waals surface area (Å²) >= 11 is 0. The highest BCUT2D eigenvalue weighted by molar-refractivity contribution is 5.98. The van der Waals surface area contributed by atoms with Crippen molar-refractivity contribution in [2.24, 2.45) is 5.10 Å². The van der Waals surface area contributed by atoms with Crippen LogP contribution in [0.2, 0.25) is 0 Å². The molecule has 0 unspecified atom stereocenters. The number of aromatic amines is 1. The van der Waals surface area contributed by atoms with Gasteiger partial charge in [0, 0.05) is 22.7 Å². The summed E-state index contributed by atoms with van der Waals surface area (Å²) in [4.78, 5) is 15.5. The van der Waals surface area contributed by atoms with Crippen molar-refractivity contribution in [3.05, 3.63) is 100 Å². The highest BCUT2D eigenvalue weighted by atomic mass is 16.5. The Bertz CT molecular complexity index is 1280. The van der Waals surface area contributed by atoms with Crippen LogP contribution < -0.4 is 10.2 Å². The number of nitrogens with zero attached hydrogens (tertiary/aromatic N) is 1. The van der Waals surface area contributed by atoms with E-state index >= 15 is 0 Å². The normalized spacial score (nSPS) is 11.4. The first kappa shape index (κ1) is 22.3. The number of carbonyl (C=O) groups is 1. The predicted molar refractivity (Wildman–Crippen MR) is 134 cm³/mol. The number of carbonyl (C=O) groups excluding carboxylic acids is 1. The van der Waals surface area contributed by atoms with Crippen LogP contribution >= 0.6 is 0 Å². The first-order valence-corrected chi connectivity index (χ1v) is 11.1. The van der Waals surface area contributed by atoms with Crippen LogP contribution in [0.25, 0.3) is 10.9 Å². The molecular formula is C28H29N3O2. The molecule has 0 aliphatic heterocycles. The lowest BCUT2D eigenvalue weighted by Gasteiger charge is -2.14. The van der Waals surface area contributed by atoms with Crippen molar-refractivity contribution in [2.45, 2.75) is 40.2 Å². The lowest BCUT2D eigenvalue weighted by atomic mass is 10.0. The summed E-state index contributed by atoms with van der Waals surface area (Å²) in [5, 5.41) is 5.13. The fourth-order valence-corrected chi connectivity index (χ4v) is 3.86. The second kappa shape index (κ2) is 9.74. The van der Waals surface area contributed by atoms with Gasteiger partial charge in [0.25, 0.3) is 5.91 Å². The number of rotatable bonds is 7. The first-order chi connectivity index (χ1) is 15.9. The monoisotopic (exact) mass is 439 g/mol. The lowest BCUT2D eigenvalue weighted by Crippen LogP contribution is -2.17. The van der Waals surface area contributed by atoms with Gasteiger partial charge in [0.05, 0.1) is 6.21 Å². The van der Waals surface area contributed by atoms with Crippen LogP contribution in [-0.2, 0) is 6.61 Å². The second-order valence-electron chi connectivity index (χ2n) is 8.65. The Morgan fingerprint density at radius 1 is 1.03 bits per heavy atom. The van der Waals surface area contributed by atoms with E-state index in [0.717, 1.165) is 38.9 Å². The second-order valence-corrected chi connectivity index (χ2v) is 8.65. The Balaban J connectivity index is 1.38. The maximum absolute atomic E-state index is 12.4. The minimum Gasteiger partial charge on any atom is -0.488 e. The van der Waals surface area contributed by atoms with Gasteiger partial charge in [-0.15, -0.1) is 0 Å². The molecule has 0 bridgehead atoms. The number of hydrogen-bond donors (Lipinski definition) is 2. The summed E-state index contributed by atoms with van der Waals surface area (Å²) < 4.78 is 6.12. The third-order valence-electron chi connectivity index (χ3n) is 5.71. The van der Waals surface area contributed by atoms with Gasteiger partial charge in [-0.1, -0.05) is 38.1 Å². The number of benzene rings is 3. The van der Waals surface area contributed by atoms with Crippen LogP contribution in [-0.4, -0.2) is 17.1 Å². The summed E-state index contributed by atoms with van der Waals surface area (Å²) in [7, 11) is 0. The molecular weight excluding hydrogens is 410 g/mol. The molecule has 3 aromatic carbocycles. The van der Waals surface area contributed by atoms with Crippen LogP contribution in [0, 0.1) is 13.8 Å². The van der Waals surface area contributed by atoms with Crippen LogP contribution in [0.4, 0.5) is 0 Å². The van der Waals surface area contributed by atoms with Crippen molar-refractivity contribution < 1.29 is 9.53 Å².